The highest BCUT2D eigenvalue weighted by atomic mass is 32.2. The van der Waals surface area contributed by atoms with E-state index in [2.05, 4.69) is 5.32 Å². The first kappa shape index (κ1) is 8.63. The van der Waals surface area contributed by atoms with Crippen LogP contribution in [0.1, 0.15) is 17.3 Å². The summed E-state index contributed by atoms with van der Waals surface area (Å²) in [5.41, 5.74) is 0.803. The van der Waals surface area contributed by atoms with E-state index in [1.165, 1.54) is 0 Å². The van der Waals surface area contributed by atoms with Crippen molar-refractivity contribution in [1.29, 1.82) is 0 Å². The van der Waals surface area contributed by atoms with Crippen LogP contribution in [0.2, 0.25) is 0 Å². The minimum absolute atomic E-state index is 0.0492. The average molecular weight is 193 g/mol. The standard InChI is InChI=1S/C10H11NOS/c1-7-6-13-9-5-3-2-4-8(9)10(12)11-7/h2-5,7H,6H2,1H3,(H,11,12)/t7-/m1/s1. The van der Waals surface area contributed by atoms with E-state index in [0.717, 1.165) is 16.2 Å². The zero-order valence-corrected chi connectivity index (χ0v) is 8.23. The number of carbonyl (C=O) groups is 1. The molecule has 1 aliphatic rings. The monoisotopic (exact) mass is 193 g/mol. The lowest BCUT2D eigenvalue weighted by atomic mass is 10.2. The molecule has 1 aromatic rings. The zero-order chi connectivity index (χ0) is 9.26. The second-order valence-electron chi connectivity index (χ2n) is 3.18. The minimum Gasteiger partial charge on any atom is -0.349 e. The van der Waals surface area contributed by atoms with Gasteiger partial charge < -0.3 is 5.32 Å². The number of hydrogen-bond acceptors (Lipinski definition) is 2. The molecule has 1 amide bonds. The maximum absolute atomic E-state index is 11.6. The highest BCUT2D eigenvalue weighted by Gasteiger charge is 2.18. The third-order valence-corrected chi connectivity index (χ3v) is 3.33. The summed E-state index contributed by atoms with van der Waals surface area (Å²) in [6.07, 6.45) is 0. The normalized spacial score (nSPS) is 21.6. The molecular weight excluding hydrogens is 182 g/mol. The van der Waals surface area contributed by atoms with Gasteiger partial charge >= 0.3 is 0 Å². The van der Waals surface area contributed by atoms with Crippen molar-refractivity contribution in [2.75, 3.05) is 5.75 Å². The fraction of sp³-hybridized carbons (Fsp3) is 0.300. The van der Waals surface area contributed by atoms with Crippen LogP contribution in [-0.2, 0) is 0 Å². The fourth-order valence-corrected chi connectivity index (χ4v) is 2.34. The Morgan fingerprint density at radius 1 is 1.46 bits per heavy atom. The molecule has 1 heterocycles. The molecule has 1 N–H and O–H groups in total. The summed E-state index contributed by atoms with van der Waals surface area (Å²) in [7, 11) is 0. The van der Waals surface area contributed by atoms with Crippen LogP contribution in [0.25, 0.3) is 0 Å². The van der Waals surface area contributed by atoms with Gasteiger partial charge in [-0.25, -0.2) is 0 Å². The van der Waals surface area contributed by atoms with Crippen molar-refractivity contribution in [3.05, 3.63) is 29.8 Å². The molecule has 0 aliphatic carbocycles. The average Bonchev–Trinajstić information content (AvgIpc) is 2.27. The summed E-state index contributed by atoms with van der Waals surface area (Å²) in [6, 6.07) is 7.99. The first-order valence-electron chi connectivity index (χ1n) is 4.30. The Morgan fingerprint density at radius 3 is 3.08 bits per heavy atom. The molecule has 0 bridgehead atoms. The van der Waals surface area contributed by atoms with Crippen molar-refractivity contribution in [3.63, 3.8) is 0 Å². The number of rotatable bonds is 0. The van der Waals surface area contributed by atoms with E-state index in [1.54, 1.807) is 11.8 Å². The van der Waals surface area contributed by atoms with Gasteiger partial charge in [-0.2, -0.15) is 0 Å². The van der Waals surface area contributed by atoms with Crippen molar-refractivity contribution >= 4 is 17.7 Å². The van der Waals surface area contributed by atoms with Gasteiger partial charge in [0.25, 0.3) is 5.91 Å². The maximum Gasteiger partial charge on any atom is 0.252 e. The summed E-state index contributed by atoms with van der Waals surface area (Å²) in [5, 5.41) is 2.94. The highest BCUT2D eigenvalue weighted by Crippen LogP contribution is 2.25. The number of benzene rings is 1. The zero-order valence-electron chi connectivity index (χ0n) is 7.41. The third-order valence-electron chi connectivity index (χ3n) is 2.00. The molecule has 68 valence electrons. The molecule has 1 aliphatic heterocycles. The third kappa shape index (κ3) is 1.70. The molecule has 0 saturated carbocycles. The summed E-state index contributed by atoms with van der Waals surface area (Å²) in [5.74, 6) is 0.996. The van der Waals surface area contributed by atoms with Gasteiger partial charge in [-0.05, 0) is 19.1 Å². The van der Waals surface area contributed by atoms with Gasteiger partial charge in [0.15, 0.2) is 0 Å². The number of hydrogen-bond donors (Lipinski definition) is 1. The van der Waals surface area contributed by atoms with Crippen molar-refractivity contribution in [2.24, 2.45) is 0 Å². The van der Waals surface area contributed by atoms with Crippen LogP contribution in [0.5, 0.6) is 0 Å². The van der Waals surface area contributed by atoms with Crippen molar-refractivity contribution in [2.45, 2.75) is 17.9 Å². The SMILES string of the molecule is C[C@@H]1CSc2ccccc2C(=O)N1. The molecule has 0 spiro atoms. The van der Waals surface area contributed by atoms with Gasteiger partial charge in [0.05, 0.1) is 5.56 Å². The van der Waals surface area contributed by atoms with Gasteiger partial charge in [-0.15, -0.1) is 11.8 Å². The van der Waals surface area contributed by atoms with Crippen molar-refractivity contribution in [1.82, 2.24) is 5.32 Å². The quantitative estimate of drug-likeness (QED) is 0.682. The Labute approximate surface area is 81.7 Å². The smallest absolute Gasteiger partial charge is 0.252 e. The van der Waals surface area contributed by atoms with E-state index in [9.17, 15) is 4.79 Å². The number of nitrogens with one attached hydrogen (secondary N) is 1. The maximum atomic E-state index is 11.6. The van der Waals surface area contributed by atoms with E-state index in [0.29, 0.717) is 0 Å². The molecule has 0 aromatic heterocycles. The van der Waals surface area contributed by atoms with Gasteiger partial charge in [0.2, 0.25) is 0 Å². The number of carbonyl (C=O) groups excluding carboxylic acids is 1. The first-order chi connectivity index (χ1) is 6.27. The number of thioether (sulfide) groups is 1. The number of fused-ring (bicyclic) bond motifs is 1. The Balaban J connectivity index is 2.40. The fourth-order valence-electron chi connectivity index (χ4n) is 1.34. The van der Waals surface area contributed by atoms with Crippen LogP contribution in [0.3, 0.4) is 0 Å². The topological polar surface area (TPSA) is 29.1 Å². The molecule has 1 atom stereocenters. The Kier molecular flexibility index (Phi) is 2.27. The van der Waals surface area contributed by atoms with Crippen LogP contribution in [0, 0.1) is 0 Å². The van der Waals surface area contributed by atoms with Gasteiger partial charge in [0.1, 0.15) is 0 Å². The molecule has 0 saturated heterocycles. The molecule has 0 fully saturated rings. The van der Waals surface area contributed by atoms with E-state index in [-0.39, 0.29) is 11.9 Å². The van der Waals surface area contributed by atoms with E-state index in [4.69, 9.17) is 0 Å². The van der Waals surface area contributed by atoms with Gasteiger partial charge in [-0.1, -0.05) is 12.1 Å². The lowest BCUT2D eigenvalue weighted by Crippen LogP contribution is -2.32. The van der Waals surface area contributed by atoms with Crippen LogP contribution in [-0.4, -0.2) is 17.7 Å². The molecule has 1 aromatic carbocycles. The highest BCUT2D eigenvalue weighted by molar-refractivity contribution is 7.99. The molecule has 3 heteroatoms. The van der Waals surface area contributed by atoms with Crippen molar-refractivity contribution in [3.8, 4) is 0 Å². The molecule has 13 heavy (non-hydrogen) atoms. The molecule has 2 rings (SSSR count). The summed E-state index contributed by atoms with van der Waals surface area (Å²) >= 11 is 1.74. The minimum atomic E-state index is 0.0492. The lowest BCUT2D eigenvalue weighted by molar-refractivity contribution is 0.0942. The second kappa shape index (κ2) is 3.42. The molecular formula is C10H11NOS. The molecule has 0 unspecified atom stereocenters. The second-order valence-corrected chi connectivity index (χ2v) is 4.24. The van der Waals surface area contributed by atoms with Crippen LogP contribution < -0.4 is 5.32 Å². The van der Waals surface area contributed by atoms with E-state index >= 15 is 0 Å². The molecule has 0 radical (unpaired) electrons. The lowest BCUT2D eigenvalue weighted by Gasteiger charge is -2.07. The molecule has 2 nitrogen and oxygen atoms in total. The largest absolute Gasteiger partial charge is 0.349 e. The summed E-state index contributed by atoms with van der Waals surface area (Å²) in [6.45, 7) is 2.02. The summed E-state index contributed by atoms with van der Waals surface area (Å²) in [4.78, 5) is 12.7. The predicted molar refractivity (Wildman–Crippen MR) is 54.1 cm³/mol. The summed E-state index contributed by atoms with van der Waals surface area (Å²) < 4.78 is 0. The first-order valence-corrected chi connectivity index (χ1v) is 5.28. The Hall–Kier alpha value is -0.960. The van der Waals surface area contributed by atoms with E-state index in [1.807, 2.05) is 31.2 Å². The number of amides is 1. The Bertz CT molecular complexity index is 337. The van der Waals surface area contributed by atoms with Gasteiger partial charge in [0, 0.05) is 16.7 Å². The van der Waals surface area contributed by atoms with Crippen molar-refractivity contribution < 1.29 is 4.79 Å². The van der Waals surface area contributed by atoms with E-state index < -0.39 is 0 Å². The van der Waals surface area contributed by atoms with Gasteiger partial charge in [-0.3, -0.25) is 4.79 Å². The van der Waals surface area contributed by atoms with Crippen LogP contribution in [0.4, 0.5) is 0 Å². The van der Waals surface area contributed by atoms with Crippen LogP contribution >= 0.6 is 11.8 Å². The Morgan fingerprint density at radius 2 is 2.23 bits per heavy atom. The predicted octanol–water partition coefficient (Wildman–Crippen LogP) is 1.91. The van der Waals surface area contributed by atoms with Crippen LogP contribution in [0.15, 0.2) is 29.2 Å².